The van der Waals surface area contributed by atoms with Crippen molar-refractivity contribution < 1.29 is 9.00 Å². The lowest BCUT2D eigenvalue weighted by molar-refractivity contribution is -0.127. The van der Waals surface area contributed by atoms with Gasteiger partial charge in [-0.05, 0) is 60.8 Å². The lowest BCUT2D eigenvalue weighted by Crippen LogP contribution is -2.37. The SMILES string of the molecule is Cc1ccccc1/C(C#N)=C1\C=CC(=NS(=O)CC23CCC(CC2=O)C3C(C)C)S1. The fourth-order valence-electron chi connectivity index (χ4n) is 5.63. The predicted molar refractivity (Wildman–Crippen MR) is 124 cm³/mol. The molecule has 6 heteroatoms. The van der Waals surface area contributed by atoms with Crippen molar-refractivity contribution in [3.63, 3.8) is 0 Å². The molecule has 2 fully saturated rings. The van der Waals surface area contributed by atoms with Gasteiger partial charge in [0.15, 0.2) is 0 Å². The highest BCUT2D eigenvalue weighted by Gasteiger charge is 2.60. The van der Waals surface area contributed by atoms with Crippen LogP contribution in [0.1, 0.15) is 44.2 Å². The summed E-state index contributed by atoms with van der Waals surface area (Å²) in [6, 6.07) is 10.1. The molecule has 156 valence electrons. The molecule has 1 aromatic rings. The molecule has 0 spiro atoms. The predicted octanol–water partition coefficient (Wildman–Crippen LogP) is 5.24. The third-order valence-electron chi connectivity index (χ3n) is 6.77. The highest BCUT2D eigenvalue weighted by Crippen LogP contribution is 2.59. The number of benzene rings is 1. The van der Waals surface area contributed by atoms with Crippen molar-refractivity contribution in [2.75, 3.05) is 5.75 Å². The van der Waals surface area contributed by atoms with Crippen molar-refractivity contribution in [2.24, 2.45) is 27.6 Å². The Morgan fingerprint density at radius 1 is 1.37 bits per heavy atom. The van der Waals surface area contributed by atoms with E-state index in [2.05, 4.69) is 24.3 Å². The first-order valence-corrected chi connectivity index (χ1v) is 12.5. The van der Waals surface area contributed by atoms with Crippen LogP contribution in [0.4, 0.5) is 0 Å². The Morgan fingerprint density at radius 2 is 2.13 bits per heavy atom. The van der Waals surface area contributed by atoms with Gasteiger partial charge in [-0.3, -0.25) is 4.79 Å². The number of hydrogen-bond acceptors (Lipinski definition) is 4. The number of carbonyl (C=O) groups is 1. The minimum Gasteiger partial charge on any atom is -0.299 e. The first kappa shape index (κ1) is 21.3. The molecule has 2 aliphatic carbocycles. The first-order chi connectivity index (χ1) is 14.4. The summed E-state index contributed by atoms with van der Waals surface area (Å²) < 4.78 is 17.4. The molecular weight excluding hydrogens is 412 g/mol. The van der Waals surface area contributed by atoms with Crippen molar-refractivity contribution in [2.45, 2.75) is 40.0 Å². The van der Waals surface area contributed by atoms with Crippen LogP contribution < -0.4 is 0 Å². The summed E-state index contributed by atoms with van der Waals surface area (Å²) in [5.41, 5.74) is 2.09. The maximum absolute atomic E-state index is 13.0. The zero-order valence-electron chi connectivity index (χ0n) is 17.6. The molecule has 1 heterocycles. The summed E-state index contributed by atoms with van der Waals surface area (Å²) in [5, 5.41) is 10.4. The molecule has 0 N–H and O–H groups in total. The van der Waals surface area contributed by atoms with E-state index in [1.54, 1.807) is 0 Å². The quantitative estimate of drug-likeness (QED) is 0.590. The summed E-state index contributed by atoms with van der Waals surface area (Å²) in [4.78, 5) is 13.6. The number of nitrogens with zero attached hydrogens (tertiary/aromatic N) is 2. The van der Waals surface area contributed by atoms with Gasteiger partial charge in [0.25, 0.3) is 0 Å². The second kappa shape index (κ2) is 8.28. The standard InChI is InChI=1S/C24H26N2O2S2/c1-15(2)23-17-10-11-24(23,21(27)12-17)14-30(28)26-22-9-8-20(29-22)19(13-25)18-7-5-4-6-16(18)3/h4-9,15,17,23H,10-12,14H2,1-3H3/b20-19+,26-22?. The Morgan fingerprint density at radius 3 is 2.80 bits per heavy atom. The zero-order chi connectivity index (χ0) is 21.5. The smallest absolute Gasteiger partial charge is 0.141 e. The highest BCUT2D eigenvalue weighted by molar-refractivity contribution is 8.18. The second-order valence-corrected chi connectivity index (χ2v) is 11.0. The van der Waals surface area contributed by atoms with Crippen LogP contribution in [0.15, 0.2) is 45.7 Å². The molecule has 4 nitrogen and oxygen atoms in total. The molecule has 3 aliphatic rings. The molecule has 1 aliphatic heterocycles. The number of rotatable bonds is 5. The molecule has 0 amide bonds. The monoisotopic (exact) mass is 438 g/mol. The molecule has 2 saturated carbocycles. The molecule has 0 saturated heterocycles. The summed E-state index contributed by atoms with van der Waals surface area (Å²) in [6.07, 6.45) is 6.23. The number of allylic oxidation sites excluding steroid dienone is 2. The summed E-state index contributed by atoms with van der Waals surface area (Å²) in [5.74, 6) is 1.79. The summed E-state index contributed by atoms with van der Waals surface area (Å²) >= 11 is 1.38. The normalized spacial score (nSPS) is 31.6. The van der Waals surface area contributed by atoms with Crippen molar-refractivity contribution in [3.05, 3.63) is 52.4 Å². The molecular formula is C24H26N2O2S2. The number of ketones is 1. The molecule has 4 rings (SSSR count). The maximum atomic E-state index is 13.0. The second-order valence-electron chi connectivity index (χ2n) is 8.85. The Kier molecular flexibility index (Phi) is 5.87. The van der Waals surface area contributed by atoms with E-state index >= 15 is 0 Å². The van der Waals surface area contributed by atoms with Crippen molar-refractivity contribution >= 4 is 39.1 Å². The highest BCUT2D eigenvalue weighted by atomic mass is 32.2. The van der Waals surface area contributed by atoms with Crippen LogP contribution in [0, 0.1) is 41.4 Å². The molecule has 1 aromatic carbocycles. The minimum atomic E-state index is -1.46. The van der Waals surface area contributed by atoms with Gasteiger partial charge >= 0.3 is 0 Å². The third kappa shape index (κ3) is 3.63. The number of nitriles is 1. The Labute approximate surface area is 185 Å². The number of fused-ring (bicyclic) bond motifs is 2. The van der Waals surface area contributed by atoms with Gasteiger partial charge in [0.2, 0.25) is 0 Å². The summed E-state index contributed by atoms with van der Waals surface area (Å²) in [7, 11) is -1.46. The minimum absolute atomic E-state index is 0.285. The van der Waals surface area contributed by atoms with Crippen LogP contribution >= 0.6 is 11.8 Å². The molecule has 2 bridgehead atoms. The fourth-order valence-corrected chi connectivity index (χ4v) is 8.05. The van der Waals surface area contributed by atoms with E-state index in [1.807, 2.05) is 43.3 Å². The van der Waals surface area contributed by atoms with E-state index in [-0.39, 0.29) is 5.78 Å². The van der Waals surface area contributed by atoms with Crippen LogP contribution in [0.25, 0.3) is 5.57 Å². The van der Waals surface area contributed by atoms with Gasteiger partial charge in [0.05, 0.1) is 11.3 Å². The number of aryl methyl sites for hydroxylation is 1. The number of Topliss-reactive ketones (excluding diaryl/α,β-unsaturated/α-hetero) is 1. The Bertz CT molecular complexity index is 1050. The number of hydrogen-bond donors (Lipinski definition) is 0. The van der Waals surface area contributed by atoms with Crippen molar-refractivity contribution in [1.82, 2.24) is 0 Å². The first-order valence-electron chi connectivity index (χ1n) is 10.4. The van der Waals surface area contributed by atoms with Crippen LogP contribution in [0.5, 0.6) is 0 Å². The molecule has 0 radical (unpaired) electrons. The van der Waals surface area contributed by atoms with Gasteiger partial charge in [-0.2, -0.15) is 9.66 Å². The van der Waals surface area contributed by atoms with Gasteiger partial charge in [-0.15, -0.1) is 0 Å². The van der Waals surface area contributed by atoms with E-state index in [0.717, 1.165) is 28.9 Å². The van der Waals surface area contributed by atoms with Gasteiger partial charge < -0.3 is 0 Å². The van der Waals surface area contributed by atoms with E-state index in [1.165, 1.54) is 11.8 Å². The van der Waals surface area contributed by atoms with E-state index in [0.29, 0.717) is 40.5 Å². The zero-order valence-corrected chi connectivity index (χ0v) is 19.2. The molecule has 30 heavy (non-hydrogen) atoms. The van der Waals surface area contributed by atoms with Gasteiger partial charge in [0.1, 0.15) is 27.9 Å². The van der Waals surface area contributed by atoms with Crippen molar-refractivity contribution in [1.29, 1.82) is 5.26 Å². The van der Waals surface area contributed by atoms with E-state index in [4.69, 9.17) is 0 Å². The van der Waals surface area contributed by atoms with Gasteiger partial charge in [0, 0.05) is 16.7 Å². The lowest BCUT2D eigenvalue weighted by Gasteiger charge is -2.31. The van der Waals surface area contributed by atoms with Crippen LogP contribution in [0.2, 0.25) is 0 Å². The Hall–Kier alpha value is -1.97. The van der Waals surface area contributed by atoms with Crippen LogP contribution in [-0.4, -0.2) is 20.8 Å². The average Bonchev–Trinajstić information content (AvgIpc) is 3.36. The van der Waals surface area contributed by atoms with Gasteiger partial charge in [-0.1, -0.05) is 49.9 Å². The number of carbonyl (C=O) groups excluding carboxylic acids is 1. The molecule has 4 atom stereocenters. The van der Waals surface area contributed by atoms with Gasteiger partial charge in [-0.25, -0.2) is 4.21 Å². The fraction of sp³-hybridized carbons (Fsp3) is 0.458. The van der Waals surface area contributed by atoms with E-state index in [9.17, 15) is 14.3 Å². The van der Waals surface area contributed by atoms with Crippen LogP contribution in [0.3, 0.4) is 0 Å². The molecule has 4 unspecified atom stereocenters. The van der Waals surface area contributed by atoms with Crippen molar-refractivity contribution in [3.8, 4) is 6.07 Å². The average molecular weight is 439 g/mol. The molecule has 0 aromatic heterocycles. The third-order valence-corrected chi connectivity index (χ3v) is 9.04. The largest absolute Gasteiger partial charge is 0.299 e. The Balaban J connectivity index is 1.54. The topological polar surface area (TPSA) is 70.3 Å². The number of thioether (sulfide) groups is 1. The maximum Gasteiger partial charge on any atom is 0.141 e. The summed E-state index contributed by atoms with van der Waals surface area (Å²) in [6.45, 7) is 6.33. The van der Waals surface area contributed by atoms with Crippen LogP contribution in [-0.2, 0) is 15.8 Å². The lowest BCUT2D eigenvalue weighted by atomic mass is 9.75. The van der Waals surface area contributed by atoms with E-state index < -0.39 is 16.4 Å².